The van der Waals surface area contributed by atoms with Crippen molar-refractivity contribution >= 4 is 23.9 Å². The average Bonchev–Trinajstić information content (AvgIpc) is 3.00. The molecule has 0 atom stereocenters. The van der Waals surface area contributed by atoms with Crippen molar-refractivity contribution in [2.75, 3.05) is 0 Å². The zero-order chi connectivity index (χ0) is 30.0. The van der Waals surface area contributed by atoms with Crippen LogP contribution in [0.1, 0.15) is 41.4 Å². The van der Waals surface area contributed by atoms with Crippen molar-refractivity contribution in [3.63, 3.8) is 0 Å². The fraction of sp³-hybridized carbons (Fsp3) is 0. The topological polar surface area (TPSA) is 149 Å². The Kier molecular flexibility index (Phi) is 7.36. The first kappa shape index (κ1) is 27.5. The van der Waals surface area contributed by atoms with Crippen molar-refractivity contribution < 1.29 is 39.6 Å². The molecule has 8 heteroatoms. The Hall–Kier alpha value is -6.02. The molecule has 0 spiro atoms. The van der Waals surface area contributed by atoms with Crippen molar-refractivity contribution in [1.82, 2.24) is 0 Å². The molecule has 0 saturated heterocycles. The van der Waals surface area contributed by atoms with Gasteiger partial charge >= 0.3 is 23.9 Å². The van der Waals surface area contributed by atoms with E-state index in [1.165, 1.54) is 6.07 Å². The maximum absolute atomic E-state index is 12.6. The Morgan fingerprint density at radius 2 is 0.762 bits per heavy atom. The van der Waals surface area contributed by atoms with Crippen molar-refractivity contribution in [1.29, 1.82) is 0 Å². The van der Waals surface area contributed by atoms with Crippen LogP contribution in [-0.4, -0.2) is 44.3 Å². The Balaban J connectivity index is 1.87. The summed E-state index contributed by atoms with van der Waals surface area (Å²) < 4.78 is 0. The van der Waals surface area contributed by atoms with E-state index in [1.54, 1.807) is 30.3 Å². The minimum atomic E-state index is -1.81. The molecule has 0 aliphatic carbocycles. The fourth-order valence-electron chi connectivity index (χ4n) is 5.21. The first-order valence-corrected chi connectivity index (χ1v) is 12.7. The number of carbonyl (C=O) groups is 4. The molecular weight excluding hydrogens is 536 g/mol. The van der Waals surface area contributed by atoms with Gasteiger partial charge in [0.15, 0.2) is 0 Å². The molecule has 42 heavy (non-hydrogen) atoms. The lowest BCUT2D eigenvalue weighted by atomic mass is 9.82. The van der Waals surface area contributed by atoms with E-state index < -0.39 is 51.7 Å². The summed E-state index contributed by atoms with van der Waals surface area (Å²) in [7, 11) is 0. The van der Waals surface area contributed by atoms with Gasteiger partial charge in [-0.2, -0.15) is 0 Å². The van der Waals surface area contributed by atoms with Gasteiger partial charge in [0.05, 0.1) is 22.3 Å². The van der Waals surface area contributed by atoms with Crippen molar-refractivity contribution in [3.8, 4) is 44.5 Å². The van der Waals surface area contributed by atoms with Crippen LogP contribution in [0.5, 0.6) is 0 Å². The van der Waals surface area contributed by atoms with E-state index in [1.807, 2.05) is 66.7 Å². The summed E-state index contributed by atoms with van der Waals surface area (Å²) in [5.74, 6) is -6.95. The van der Waals surface area contributed by atoms with Crippen LogP contribution in [0.3, 0.4) is 0 Å². The predicted molar refractivity (Wildman–Crippen MR) is 156 cm³/mol. The van der Waals surface area contributed by atoms with Crippen LogP contribution in [0.25, 0.3) is 44.5 Å². The molecule has 5 aromatic rings. The molecule has 0 fully saturated rings. The van der Waals surface area contributed by atoms with Crippen LogP contribution in [-0.2, 0) is 0 Å². The van der Waals surface area contributed by atoms with E-state index in [2.05, 4.69) is 0 Å². The predicted octanol–water partition coefficient (Wildman–Crippen LogP) is 7.15. The molecule has 0 bridgehead atoms. The smallest absolute Gasteiger partial charge is 0.337 e. The zero-order valence-corrected chi connectivity index (χ0v) is 21.8. The third kappa shape index (κ3) is 4.89. The fourth-order valence-corrected chi connectivity index (χ4v) is 5.21. The summed E-state index contributed by atoms with van der Waals surface area (Å²) in [6, 6.07) is 31.9. The highest BCUT2D eigenvalue weighted by atomic mass is 16.4. The summed E-state index contributed by atoms with van der Waals surface area (Å²) >= 11 is 0. The maximum Gasteiger partial charge on any atom is 0.337 e. The Morgan fingerprint density at radius 1 is 0.381 bits per heavy atom. The van der Waals surface area contributed by atoms with Crippen molar-refractivity contribution in [2.45, 2.75) is 0 Å². The van der Waals surface area contributed by atoms with Crippen LogP contribution in [0.15, 0.2) is 109 Å². The van der Waals surface area contributed by atoms with E-state index in [9.17, 15) is 39.6 Å². The van der Waals surface area contributed by atoms with E-state index >= 15 is 0 Å². The quantitative estimate of drug-likeness (QED) is 0.157. The largest absolute Gasteiger partial charge is 0.478 e. The highest BCUT2D eigenvalue weighted by Gasteiger charge is 2.33. The lowest BCUT2D eigenvalue weighted by Crippen LogP contribution is -2.19. The Bertz CT molecular complexity index is 1890. The van der Waals surface area contributed by atoms with Gasteiger partial charge in [0, 0.05) is 5.56 Å². The van der Waals surface area contributed by atoms with Gasteiger partial charge in [-0.25, -0.2) is 19.2 Å². The lowest BCUT2D eigenvalue weighted by molar-refractivity contribution is 0.0632. The number of aromatic carboxylic acids is 4. The Labute approximate surface area is 239 Å². The molecule has 5 aromatic carbocycles. The number of hydrogen-bond donors (Lipinski definition) is 4. The highest BCUT2D eigenvalue weighted by Crippen LogP contribution is 2.43. The van der Waals surface area contributed by atoms with E-state index in [4.69, 9.17) is 0 Å². The molecule has 0 unspecified atom stereocenters. The van der Waals surface area contributed by atoms with Gasteiger partial charge < -0.3 is 20.4 Å². The molecule has 0 aliphatic rings. The monoisotopic (exact) mass is 558 g/mol. The van der Waals surface area contributed by atoms with Crippen molar-refractivity contribution in [2.24, 2.45) is 0 Å². The summed E-state index contributed by atoms with van der Waals surface area (Å²) in [5, 5.41) is 39.8. The summed E-state index contributed by atoms with van der Waals surface area (Å²) in [4.78, 5) is 49.1. The normalized spacial score (nSPS) is 10.7. The average molecular weight is 559 g/mol. The van der Waals surface area contributed by atoms with Gasteiger partial charge in [0.1, 0.15) is 0 Å². The second-order valence-corrected chi connectivity index (χ2v) is 9.32. The minimum Gasteiger partial charge on any atom is -0.478 e. The molecule has 206 valence electrons. The second-order valence-electron chi connectivity index (χ2n) is 9.32. The van der Waals surface area contributed by atoms with E-state index in [0.717, 1.165) is 22.3 Å². The van der Waals surface area contributed by atoms with Crippen LogP contribution in [0.2, 0.25) is 0 Å². The third-order valence-electron chi connectivity index (χ3n) is 6.93. The molecule has 4 N–H and O–H groups in total. The maximum atomic E-state index is 12.6. The first-order valence-electron chi connectivity index (χ1n) is 12.7. The van der Waals surface area contributed by atoms with Gasteiger partial charge in [-0.15, -0.1) is 0 Å². The van der Waals surface area contributed by atoms with Gasteiger partial charge in [-0.1, -0.05) is 103 Å². The number of benzene rings is 5. The molecule has 8 nitrogen and oxygen atoms in total. The third-order valence-corrected chi connectivity index (χ3v) is 6.93. The molecule has 0 aromatic heterocycles. The molecule has 0 aliphatic heterocycles. The Morgan fingerprint density at radius 3 is 1.21 bits per heavy atom. The van der Waals surface area contributed by atoms with Gasteiger partial charge in [0.25, 0.3) is 0 Å². The molecule has 0 heterocycles. The van der Waals surface area contributed by atoms with Crippen LogP contribution in [0, 0.1) is 0 Å². The van der Waals surface area contributed by atoms with Crippen LogP contribution in [0.4, 0.5) is 0 Å². The lowest BCUT2D eigenvalue weighted by Gasteiger charge is -2.20. The standard InChI is InChI=1S/C34H22O8/c35-31(36)26-18-27(32(37)38)29(33(39)40)30(34(41)42)28(26)25-17-9-8-16-24(25)23-15-7-6-14-22(23)21-13-5-4-12-20(21)19-10-2-1-3-11-19/h1-18H,(H,35,36)(H,37,38)(H,39,40)(H,41,42). The zero-order valence-electron chi connectivity index (χ0n) is 21.8. The molecule has 0 radical (unpaired) electrons. The number of carboxylic acids is 4. The SMILES string of the molecule is O=C(O)c1cc(C(=O)O)c(-c2ccccc2-c2ccccc2-c2ccccc2-c2ccccc2)c(C(=O)O)c1C(=O)O. The van der Waals surface area contributed by atoms with Crippen LogP contribution < -0.4 is 0 Å². The van der Waals surface area contributed by atoms with Crippen molar-refractivity contribution in [3.05, 3.63) is 131 Å². The summed E-state index contributed by atoms with van der Waals surface area (Å²) in [5.41, 5.74) is 0.783. The van der Waals surface area contributed by atoms with Gasteiger partial charge in [-0.3, -0.25) is 0 Å². The minimum absolute atomic E-state index is 0.122. The molecule has 0 saturated carbocycles. The van der Waals surface area contributed by atoms with E-state index in [-0.39, 0.29) is 5.56 Å². The summed E-state index contributed by atoms with van der Waals surface area (Å²) in [6.07, 6.45) is 0. The second kappa shape index (κ2) is 11.2. The molecular formula is C34H22O8. The molecule has 0 amide bonds. The van der Waals surface area contributed by atoms with Gasteiger partial charge in [0.2, 0.25) is 0 Å². The van der Waals surface area contributed by atoms with E-state index in [0.29, 0.717) is 17.2 Å². The summed E-state index contributed by atoms with van der Waals surface area (Å²) in [6.45, 7) is 0. The van der Waals surface area contributed by atoms with Crippen LogP contribution >= 0.6 is 0 Å². The number of rotatable bonds is 8. The first-order chi connectivity index (χ1) is 20.2. The number of hydrogen-bond acceptors (Lipinski definition) is 4. The van der Waals surface area contributed by atoms with Gasteiger partial charge in [-0.05, 0) is 45.0 Å². The highest BCUT2D eigenvalue weighted by molar-refractivity contribution is 6.17. The molecule has 5 rings (SSSR count). The number of carboxylic acid groups (broad SMARTS) is 4.